The molecule has 0 atom stereocenters. The summed E-state index contributed by atoms with van der Waals surface area (Å²) >= 11 is 6.55. The molecular formula is C27H26N4O5S3. The maximum absolute atomic E-state index is 13.2. The van der Waals surface area contributed by atoms with Gasteiger partial charge in [0.15, 0.2) is 0 Å². The van der Waals surface area contributed by atoms with Crippen LogP contribution in [0.15, 0.2) is 70.6 Å². The number of carboxylic acid groups (broad SMARTS) is 1. The van der Waals surface area contributed by atoms with E-state index < -0.39 is 16.0 Å². The number of hydrogen-bond acceptors (Lipinski definition) is 7. The zero-order chi connectivity index (χ0) is 27.6. The van der Waals surface area contributed by atoms with Crippen LogP contribution in [0, 0.1) is 0 Å². The van der Waals surface area contributed by atoms with Gasteiger partial charge in [-0.15, -0.1) is 0 Å². The molecule has 1 N–H and O–H groups in total. The molecule has 1 aromatic heterocycles. The minimum Gasteiger partial charge on any atom is -0.481 e. The van der Waals surface area contributed by atoms with Gasteiger partial charge < -0.3 is 5.11 Å². The highest BCUT2D eigenvalue weighted by Gasteiger charge is 2.32. The summed E-state index contributed by atoms with van der Waals surface area (Å²) in [6, 6.07) is 16.2. The van der Waals surface area contributed by atoms with E-state index in [2.05, 4.69) is 0 Å². The first-order valence-electron chi connectivity index (χ1n) is 12.5. The van der Waals surface area contributed by atoms with Crippen LogP contribution in [0.1, 0.15) is 31.2 Å². The first kappa shape index (κ1) is 27.3. The van der Waals surface area contributed by atoms with Crippen LogP contribution in [0.4, 0.5) is 0 Å². The highest BCUT2D eigenvalue weighted by atomic mass is 32.2. The van der Waals surface area contributed by atoms with E-state index in [0.29, 0.717) is 45.6 Å². The van der Waals surface area contributed by atoms with Gasteiger partial charge in [0.05, 0.1) is 15.5 Å². The van der Waals surface area contributed by atoms with Gasteiger partial charge in [0.1, 0.15) is 10.0 Å². The third-order valence-electron chi connectivity index (χ3n) is 6.51. The average molecular weight is 583 g/mol. The monoisotopic (exact) mass is 582 g/mol. The second kappa shape index (κ2) is 11.4. The molecule has 0 aliphatic carbocycles. The van der Waals surface area contributed by atoms with Crippen LogP contribution in [0.2, 0.25) is 0 Å². The van der Waals surface area contributed by atoms with Crippen molar-refractivity contribution < 1.29 is 23.1 Å². The van der Waals surface area contributed by atoms with Crippen molar-refractivity contribution in [2.75, 3.05) is 19.6 Å². The Kier molecular flexibility index (Phi) is 7.98. The molecule has 202 valence electrons. The maximum Gasteiger partial charge on any atom is 0.303 e. The lowest BCUT2D eigenvalue weighted by Gasteiger charge is -2.16. The van der Waals surface area contributed by atoms with Crippen molar-refractivity contribution in [2.24, 2.45) is 0 Å². The fraction of sp³-hybridized carbons (Fsp3) is 0.259. The maximum atomic E-state index is 13.2. The summed E-state index contributed by atoms with van der Waals surface area (Å²) < 4.78 is 30.0. The summed E-state index contributed by atoms with van der Waals surface area (Å²) in [5, 5.41) is 13.7. The summed E-state index contributed by atoms with van der Waals surface area (Å²) in [4.78, 5) is 26.0. The largest absolute Gasteiger partial charge is 0.481 e. The van der Waals surface area contributed by atoms with Crippen molar-refractivity contribution in [3.05, 3.63) is 71.3 Å². The molecule has 9 nitrogen and oxygen atoms in total. The molecule has 3 aromatic rings. The van der Waals surface area contributed by atoms with Crippen molar-refractivity contribution in [3.8, 4) is 16.9 Å². The van der Waals surface area contributed by atoms with Gasteiger partial charge in [-0.1, -0.05) is 54.3 Å². The van der Waals surface area contributed by atoms with Crippen LogP contribution in [0.3, 0.4) is 0 Å². The van der Waals surface area contributed by atoms with Crippen LogP contribution >= 0.6 is 24.0 Å². The first-order valence-corrected chi connectivity index (χ1v) is 15.1. The topological polar surface area (TPSA) is 113 Å². The van der Waals surface area contributed by atoms with Gasteiger partial charge >= 0.3 is 5.97 Å². The Morgan fingerprint density at radius 3 is 2.56 bits per heavy atom. The highest BCUT2D eigenvalue weighted by Crippen LogP contribution is 2.35. The smallest absolute Gasteiger partial charge is 0.303 e. The van der Waals surface area contributed by atoms with Gasteiger partial charge in [0, 0.05) is 43.4 Å². The molecule has 0 unspecified atom stereocenters. The zero-order valence-electron chi connectivity index (χ0n) is 20.9. The highest BCUT2D eigenvalue weighted by molar-refractivity contribution is 8.26. The lowest BCUT2D eigenvalue weighted by Crippen LogP contribution is -2.29. The van der Waals surface area contributed by atoms with E-state index in [1.165, 1.54) is 9.21 Å². The standard InChI is InChI=1S/C27H26N4O5S3/c32-24(33)12-7-15-30-26(34)23(38-27(30)37)17-20-18-31(21-9-2-1-3-10-21)28-25(20)19-8-6-11-22(16-19)39(35,36)29-13-4-5-14-29/h1-3,6,8-11,16-18H,4-5,7,12-15H2,(H,32,33)/b23-17-. The van der Waals surface area contributed by atoms with Crippen molar-refractivity contribution >= 4 is 56.3 Å². The Labute approximate surface area is 236 Å². The molecule has 2 aliphatic heterocycles. The zero-order valence-corrected chi connectivity index (χ0v) is 23.3. The normalized spacial score (nSPS) is 17.4. The lowest BCUT2D eigenvalue weighted by molar-refractivity contribution is -0.137. The van der Waals surface area contributed by atoms with E-state index in [1.54, 1.807) is 41.2 Å². The number of thioether (sulfide) groups is 1. The van der Waals surface area contributed by atoms with Crippen molar-refractivity contribution in [3.63, 3.8) is 0 Å². The SMILES string of the molecule is O=C(O)CCCN1C(=O)/C(=C/c2cn(-c3ccccc3)nc2-c2cccc(S(=O)(=O)N3CCCC3)c2)SC1=S. The van der Waals surface area contributed by atoms with Gasteiger partial charge in [0.2, 0.25) is 10.0 Å². The molecule has 3 heterocycles. The molecule has 0 bridgehead atoms. The van der Waals surface area contributed by atoms with Crippen molar-refractivity contribution in [2.45, 2.75) is 30.6 Å². The summed E-state index contributed by atoms with van der Waals surface area (Å²) in [6.07, 6.45) is 5.44. The van der Waals surface area contributed by atoms with Crippen molar-refractivity contribution in [1.29, 1.82) is 0 Å². The van der Waals surface area contributed by atoms with Gasteiger partial charge in [0.25, 0.3) is 5.91 Å². The molecule has 5 rings (SSSR count). The van der Waals surface area contributed by atoms with Crippen LogP contribution in [0.25, 0.3) is 23.0 Å². The van der Waals surface area contributed by atoms with Crippen LogP contribution in [0.5, 0.6) is 0 Å². The number of aliphatic carboxylic acids is 1. The van der Waals surface area contributed by atoms with E-state index in [9.17, 15) is 18.0 Å². The number of amides is 1. The number of carbonyl (C=O) groups is 2. The number of sulfonamides is 1. The van der Waals surface area contributed by atoms with Gasteiger partial charge in [-0.2, -0.15) is 9.40 Å². The first-order chi connectivity index (χ1) is 18.7. The van der Waals surface area contributed by atoms with Crippen LogP contribution in [-0.4, -0.2) is 68.3 Å². The predicted molar refractivity (Wildman–Crippen MR) is 154 cm³/mol. The molecule has 39 heavy (non-hydrogen) atoms. The van der Waals surface area contributed by atoms with E-state index in [0.717, 1.165) is 30.3 Å². The fourth-order valence-electron chi connectivity index (χ4n) is 4.53. The number of rotatable bonds is 9. The summed E-state index contributed by atoms with van der Waals surface area (Å²) in [6.45, 7) is 1.24. The molecule has 12 heteroatoms. The van der Waals surface area contributed by atoms with Crippen LogP contribution in [-0.2, 0) is 19.6 Å². The molecule has 0 radical (unpaired) electrons. The molecule has 2 aromatic carbocycles. The van der Waals surface area contributed by atoms with E-state index in [1.807, 2.05) is 30.3 Å². The van der Waals surface area contributed by atoms with Gasteiger partial charge in [-0.3, -0.25) is 14.5 Å². The third-order valence-corrected chi connectivity index (χ3v) is 9.78. The van der Waals surface area contributed by atoms with Gasteiger partial charge in [-0.05, 0) is 49.6 Å². The second-order valence-corrected chi connectivity index (χ2v) is 12.8. The number of carboxylic acids is 1. The number of thiocarbonyl (C=S) groups is 1. The number of hydrogen-bond donors (Lipinski definition) is 1. The Balaban J connectivity index is 1.53. The summed E-state index contributed by atoms with van der Waals surface area (Å²) in [7, 11) is -3.63. The lowest BCUT2D eigenvalue weighted by atomic mass is 10.1. The molecular weight excluding hydrogens is 557 g/mol. The number of carbonyl (C=O) groups excluding carboxylic acids is 1. The Hall–Kier alpha value is -3.32. The number of benzene rings is 2. The molecule has 0 saturated carbocycles. The Morgan fingerprint density at radius 2 is 1.85 bits per heavy atom. The van der Waals surface area contributed by atoms with Crippen molar-refractivity contribution in [1.82, 2.24) is 19.0 Å². The Morgan fingerprint density at radius 1 is 1.10 bits per heavy atom. The summed E-state index contributed by atoms with van der Waals surface area (Å²) in [5.74, 6) is -1.22. The number of para-hydroxylation sites is 1. The van der Waals surface area contributed by atoms with E-state index >= 15 is 0 Å². The molecule has 2 fully saturated rings. The summed E-state index contributed by atoms with van der Waals surface area (Å²) in [5.41, 5.74) is 2.56. The average Bonchev–Trinajstić information content (AvgIpc) is 3.67. The third kappa shape index (κ3) is 5.83. The minimum absolute atomic E-state index is 0.0548. The van der Waals surface area contributed by atoms with E-state index in [4.69, 9.17) is 22.4 Å². The minimum atomic E-state index is -3.63. The van der Waals surface area contributed by atoms with Gasteiger partial charge in [-0.25, -0.2) is 13.1 Å². The van der Waals surface area contributed by atoms with E-state index in [-0.39, 0.29) is 23.8 Å². The Bertz CT molecular complexity index is 1560. The fourth-order valence-corrected chi connectivity index (χ4v) is 7.40. The molecule has 0 spiro atoms. The quantitative estimate of drug-likeness (QED) is 0.292. The molecule has 2 aliphatic rings. The molecule has 2 saturated heterocycles. The van der Waals surface area contributed by atoms with Crippen LogP contribution < -0.4 is 0 Å². The predicted octanol–water partition coefficient (Wildman–Crippen LogP) is 4.39. The molecule has 1 amide bonds. The second-order valence-electron chi connectivity index (χ2n) is 9.18. The number of aromatic nitrogens is 2. The number of nitrogens with zero attached hydrogens (tertiary/aromatic N) is 4.